The number of carbonyl (C=O) groups excluding carboxylic acids is 1. The van der Waals surface area contributed by atoms with Gasteiger partial charge in [-0.2, -0.15) is 0 Å². The summed E-state index contributed by atoms with van der Waals surface area (Å²) in [5, 5.41) is 23.3. The van der Waals surface area contributed by atoms with E-state index in [4.69, 9.17) is 24.5 Å². The van der Waals surface area contributed by atoms with E-state index in [9.17, 15) is 9.90 Å². The Kier molecular flexibility index (Phi) is 62.8. The summed E-state index contributed by atoms with van der Waals surface area (Å²) >= 11 is 0. The van der Waals surface area contributed by atoms with Crippen molar-refractivity contribution < 1.29 is 34.4 Å². The number of carboxylic acid groups (broad SMARTS) is 2. The van der Waals surface area contributed by atoms with Gasteiger partial charge in [0.15, 0.2) is 0 Å². The molecule has 0 rings (SSSR count). The van der Waals surface area contributed by atoms with Crippen LogP contribution in [0.5, 0.6) is 0 Å². The van der Waals surface area contributed by atoms with Crippen molar-refractivity contribution in [3.63, 3.8) is 0 Å². The van der Waals surface area contributed by atoms with E-state index in [0.717, 1.165) is 44.9 Å². The van der Waals surface area contributed by atoms with Crippen LogP contribution in [0, 0.1) is 11.8 Å². The lowest BCUT2D eigenvalue weighted by Crippen LogP contribution is -2.29. The van der Waals surface area contributed by atoms with Gasteiger partial charge in [-0.25, -0.2) is 0 Å². The first-order valence-corrected chi connectivity index (χ1v) is 22.3. The lowest BCUT2D eigenvalue weighted by atomic mass is 9.89. The number of aldehydes is 1. The molecule has 0 heterocycles. The molecule has 0 aliphatic heterocycles. The van der Waals surface area contributed by atoms with E-state index in [1.165, 1.54) is 186 Å². The Labute approximate surface area is 330 Å². The predicted molar refractivity (Wildman–Crippen MR) is 227 cm³/mol. The average Bonchev–Trinajstić information content (AvgIpc) is 3.14. The fourth-order valence-corrected chi connectivity index (χ4v) is 6.77. The topological polar surface area (TPSA) is 124 Å². The molecule has 8 heteroatoms. The molecular weight excluding hydrogens is 666 g/mol. The zero-order valence-corrected chi connectivity index (χ0v) is 36.1. The van der Waals surface area contributed by atoms with E-state index in [1.54, 1.807) is 7.11 Å². The summed E-state index contributed by atoms with van der Waals surface area (Å²) in [6.07, 6.45) is 41.6. The molecule has 1 atom stereocenters. The molecule has 0 fully saturated rings. The van der Waals surface area contributed by atoms with Crippen LogP contribution in [0.1, 0.15) is 220 Å². The van der Waals surface area contributed by atoms with Crippen molar-refractivity contribution in [2.75, 3.05) is 40.0 Å². The zero-order valence-electron chi connectivity index (χ0n) is 36.1. The smallest absolute Gasteiger partial charge is 0.290 e. The molecule has 0 amide bonds. The van der Waals surface area contributed by atoms with Gasteiger partial charge in [0.1, 0.15) is 6.29 Å². The minimum atomic E-state index is -0.250. The predicted octanol–water partition coefficient (Wildman–Crippen LogP) is 12.5. The van der Waals surface area contributed by atoms with Gasteiger partial charge >= 0.3 is 0 Å². The largest absolute Gasteiger partial charge is 0.483 e. The molecule has 0 aliphatic carbocycles. The molecule has 0 bridgehead atoms. The molecule has 0 saturated carbocycles. The average molecular weight is 760 g/mol. The summed E-state index contributed by atoms with van der Waals surface area (Å²) in [5.74, 6) is 1.53. The molecule has 320 valence electrons. The standard InChI is InChI=1S/C37H75NO2.C6H14O.2CH2O2/c1-4-6-8-10-15-21-27-37(28-22-16-11-9-7-5-2)29-23-17-13-19-25-32-38(33-35-40)31-24-18-12-14-20-26-36(3)30-34-39;1-3-4-5-6-7-2;2*2-1-3/h34,36-37,40H,4-33,35H2,1-3H3;3-6H2,1-2H3;2*1H,(H,2,3). The summed E-state index contributed by atoms with van der Waals surface area (Å²) in [6, 6.07) is 0. The first kappa shape index (κ1) is 58.2. The number of rotatable bonds is 38. The highest BCUT2D eigenvalue weighted by molar-refractivity contribution is 5.49. The summed E-state index contributed by atoms with van der Waals surface area (Å²) in [5.41, 5.74) is 0. The van der Waals surface area contributed by atoms with Crippen LogP contribution < -0.4 is 0 Å². The number of methoxy groups -OCH3 is 1. The number of hydrogen-bond donors (Lipinski definition) is 3. The molecule has 0 aromatic carbocycles. The molecule has 1 unspecified atom stereocenters. The van der Waals surface area contributed by atoms with Crippen molar-refractivity contribution in [3.05, 3.63) is 0 Å². The Morgan fingerprint density at radius 2 is 0.849 bits per heavy atom. The molecule has 53 heavy (non-hydrogen) atoms. The third kappa shape index (κ3) is 60.0. The maximum atomic E-state index is 10.6. The normalized spacial score (nSPS) is 11.2. The van der Waals surface area contributed by atoms with Crippen molar-refractivity contribution in [2.45, 2.75) is 220 Å². The summed E-state index contributed by atoms with van der Waals surface area (Å²) in [6.45, 7) is 12.8. The van der Waals surface area contributed by atoms with E-state index in [0.29, 0.717) is 5.92 Å². The van der Waals surface area contributed by atoms with Crippen LogP contribution in [-0.2, 0) is 19.1 Å². The van der Waals surface area contributed by atoms with Gasteiger partial charge in [-0.15, -0.1) is 0 Å². The van der Waals surface area contributed by atoms with Gasteiger partial charge in [0.05, 0.1) is 6.61 Å². The number of unbranched alkanes of at least 4 members (excludes halogenated alkanes) is 20. The van der Waals surface area contributed by atoms with Crippen LogP contribution in [0.15, 0.2) is 0 Å². The Balaban J connectivity index is -0.000000787. The highest BCUT2D eigenvalue weighted by atomic mass is 16.5. The maximum absolute atomic E-state index is 10.6. The van der Waals surface area contributed by atoms with Crippen LogP contribution >= 0.6 is 0 Å². The number of aliphatic hydroxyl groups is 1. The monoisotopic (exact) mass is 760 g/mol. The summed E-state index contributed by atoms with van der Waals surface area (Å²) in [7, 11) is 1.75. The van der Waals surface area contributed by atoms with E-state index < -0.39 is 0 Å². The van der Waals surface area contributed by atoms with Crippen molar-refractivity contribution >= 4 is 19.2 Å². The van der Waals surface area contributed by atoms with Gasteiger partial charge in [-0.05, 0) is 44.2 Å². The molecule has 0 aromatic rings. The van der Waals surface area contributed by atoms with Crippen molar-refractivity contribution in [1.82, 2.24) is 4.90 Å². The second-order valence-electron chi connectivity index (χ2n) is 15.1. The third-order valence-electron chi connectivity index (χ3n) is 10.1. The lowest BCUT2D eigenvalue weighted by molar-refractivity contribution is -0.123. The van der Waals surface area contributed by atoms with Crippen molar-refractivity contribution in [2.24, 2.45) is 11.8 Å². The van der Waals surface area contributed by atoms with Gasteiger partial charge < -0.3 is 29.8 Å². The van der Waals surface area contributed by atoms with Crippen molar-refractivity contribution in [3.8, 4) is 0 Å². The quantitative estimate of drug-likeness (QED) is 0.0420. The Bertz CT molecular complexity index is 626. The SMILES string of the molecule is CCCCCCCCC(CCCCCCCC)CCCCCCCN(CCO)CCCCCCCC(C)CC=O.CCCCCOC.O=CO.O=CO. The van der Waals surface area contributed by atoms with Crippen LogP contribution in [0.2, 0.25) is 0 Å². The van der Waals surface area contributed by atoms with E-state index in [1.807, 2.05) is 0 Å². The fourth-order valence-electron chi connectivity index (χ4n) is 6.77. The summed E-state index contributed by atoms with van der Waals surface area (Å²) < 4.78 is 4.84. The number of hydrogen-bond acceptors (Lipinski definition) is 6. The highest BCUT2D eigenvalue weighted by Gasteiger charge is 2.09. The molecule has 3 N–H and O–H groups in total. The van der Waals surface area contributed by atoms with Crippen molar-refractivity contribution in [1.29, 1.82) is 0 Å². The minimum Gasteiger partial charge on any atom is -0.483 e. The molecule has 0 radical (unpaired) electrons. The second kappa shape index (κ2) is 57.2. The lowest BCUT2D eigenvalue weighted by Gasteiger charge is -2.21. The Hall–Kier alpha value is -1.51. The molecule has 0 saturated heterocycles. The second-order valence-corrected chi connectivity index (χ2v) is 15.1. The van der Waals surface area contributed by atoms with Crippen LogP contribution in [0.4, 0.5) is 0 Å². The minimum absolute atomic E-state index is 0.250. The molecule has 0 spiro atoms. The Morgan fingerprint density at radius 3 is 1.21 bits per heavy atom. The number of carbonyl (C=O) groups is 3. The van der Waals surface area contributed by atoms with E-state index in [2.05, 4.69) is 32.6 Å². The van der Waals surface area contributed by atoms with Gasteiger partial charge in [0, 0.05) is 26.7 Å². The molecule has 8 nitrogen and oxygen atoms in total. The Morgan fingerprint density at radius 1 is 0.509 bits per heavy atom. The number of aliphatic hydroxyl groups excluding tert-OH is 1. The van der Waals surface area contributed by atoms with Crippen LogP contribution in [0.25, 0.3) is 0 Å². The van der Waals surface area contributed by atoms with Crippen LogP contribution in [0.3, 0.4) is 0 Å². The maximum Gasteiger partial charge on any atom is 0.290 e. The number of nitrogens with zero attached hydrogens (tertiary/aromatic N) is 1. The summed E-state index contributed by atoms with van der Waals surface area (Å²) in [4.78, 5) is 29.8. The fraction of sp³-hybridized carbons (Fsp3) is 0.933. The highest BCUT2D eigenvalue weighted by Crippen LogP contribution is 2.25. The number of ether oxygens (including phenoxy) is 1. The van der Waals surface area contributed by atoms with Gasteiger partial charge in [-0.1, -0.05) is 195 Å². The van der Waals surface area contributed by atoms with Gasteiger partial charge in [-0.3, -0.25) is 9.59 Å². The van der Waals surface area contributed by atoms with E-state index in [-0.39, 0.29) is 19.6 Å². The zero-order chi connectivity index (χ0) is 40.3. The van der Waals surface area contributed by atoms with Gasteiger partial charge in [0.25, 0.3) is 12.9 Å². The first-order chi connectivity index (χ1) is 25.9. The van der Waals surface area contributed by atoms with Crippen LogP contribution in [-0.4, -0.2) is 79.4 Å². The third-order valence-corrected chi connectivity index (χ3v) is 10.1. The van der Waals surface area contributed by atoms with E-state index >= 15 is 0 Å². The van der Waals surface area contributed by atoms with Gasteiger partial charge in [0.2, 0.25) is 0 Å². The first-order valence-electron chi connectivity index (χ1n) is 22.3. The molecule has 0 aliphatic rings. The molecular formula is C45H93NO7. The molecule has 0 aromatic heterocycles.